The Labute approximate surface area is 126 Å². The first kappa shape index (κ1) is 15.3. The largest absolute Gasteiger partial charge is 0.481 e. The molecule has 5 nitrogen and oxygen atoms in total. The molecule has 112 valence electrons. The lowest BCUT2D eigenvalue weighted by molar-refractivity contribution is 0.311. The van der Waals surface area contributed by atoms with Crippen molar-refractivity contribution in [3.8, 4) is 5.88 Å². The highest BCUT2D eigenvalue weighted by molar-refractivity contribution is 5.30. The molecule has 0 fully saturated rings. The molecule has 0 bridgehead atoms. The molecular formula is C16H22N4O. The summed E-state index contributed by atoms with van der Waals surface area (Å²) < 4.78 is 5.11. The molecule has 0 aliphatic rings. The molecule has 0 amide bonds. The number of rotatable bonds is 6. The van der Waals surface area contributed by atoms with Gasteiger partial charge in [-0.25, -0.2) is 4.98 Å². The maximum absolute atomic E-state index is 5.11. The van der Waals surface area contributed by atoms with E-state index in [2.05, 4.69) is 65.5 Å². The highest BCUT2D eigenvalue weighted by Crippen LogP contribution is 2.19. The van der Waals surface area contributed by atoms with Crippen molar-refractivity contribution in [3.63, 3.8) is 0 Å². The zero-order valence-corrected chi connectivity index (χ0v) is 13.0. The van der Waals surface area contributed by atoms with Crippen molar-refractivity contribution in [1.29, 1.82) is 0 Å². The maximum Gasteiger partial charge on any atom is 0.226 e. The minimum absolute atomic E-state index is 0.250. The number of aryl methyl sites for hydroxylation is 1. The van der Waals surface area contributed by atoms with E-state index < -0.39 is 0 Å². The van der Waals surface area contributed by atoms with Crippen molar-refractivity contribution in [1.82, 2.24) is 14.9 Å². The quantitative estimate of drug-likeness (QED) is 0.884. The summed E-state index contributed by atoms with van der Waals surface area (Å²) in [6.45, 7) is 2.82. The molecular weight excluding hydrogens is 264 g/mol. The lowest BCUT2D eigenvalue weighted by Gasteiger charge is -2.25. The zero-order chi connectivity index (χ0) is 15.2. The van der Waals surface area contributed by atoms with Crippen LogP contribution in [0.25, 0.3) is 0 Å². The molecule has 0 aliphatic carbocycles. The molecule has 2 aromatic rings. The average Bonchev–Trinajstić information content (AvgIpc) is 2.49. The topological polar surface area (TPSA) is 50.3 Å². The number of ether oxygens (including phenoxy) is 1. The van der Waals surface area contributed by atoms with Gasteiger partial charge in [-0.2, -0.15) is 4.98 Å². The summed E-state index contributed by atoms with van der Waals surface area (Å²) in [4.78, 5) is 10.7. The summed E-state index contributed by atoms with van der Waals surface area (Å²) in [5.74, 6) is 1.14. The predicted molar refractivity (Wildman–Crippen MR) is 84.7 cm³/mol. The van der Waals surface area contributed by atoms with Crippen LogP contribution in [-0.2, 0) is 0 Å². The van der Waals surface area contributed by atoms with E-state index in [0.717, 1.165) is 6.54 Å². The molecule has 21 heavy (non-hydrogen) atoms. The van der Waals surface area contributed by atoms with Crippen molar-refractivity contribution >= 4 is 5.95 Å². The number of nitrogens with zero attached hydrogens (tertiary/aromatic N) is 3. The number of benzene rings is 1. The van der Waals surface area contributed by atoms with Crippen molar-refractivity contribution in [3.05, 3.63) is 47.7 Å². The molecule has 0 unspecified atom stereocenters. The van der Waals surface area contributed by atoms with E-state index in [9.17, 15) is 0 Å². The van der Waals surface area contributed by atoms with Crippen LogP contribution in [0.15, 0.2) is 36.5 Å². The summed E-state index contributed by atoms with van der Waals surface area (Å²) in [6.07, 6.45) is 1.69. The Morgan fingerprint density at radius 3 is 2.52 bits per heavy atom. The van der Waals surface area contributed by atoms with Crippen LogP contribution in [-0.4, -0.2) is 42.6 Å². The molecule has 0 saturated heterocycles. The zero-order valence-electron chi connectivity index (χ0n) is 13.0. The summed E-state index contributed by atoms with van der Waals surface area (Å²) in [6, 6.07) is 10.6. The van der Waals surface area contributed by atoms with Crippen LogP contribution in [0.4, 0.5) is 5.95 Å². The lowest BCUT2D eigenvalue weighted by atomic mass is 10.0. The Morgan fingerprint density at radius 1 is 1.19 bits per heavy atom. The molecule has 5 heteroatoms. The van der Waals surface area contributed by atoms with E-state index in [-0.39, 0.29) is 6.04 Å². The molecule has 1 heterocycles. The second kappa shape index (κ2) is 7.04. The van der Waals surface area contributed by atoms with Gasteiger partial charge < -0.3 is 15.0 Å². The molecule has 1 aromatic heterocycles. The van der Waals surface area contributed by atoms with Gasteiger partial charge in [0.1, 0.15) is 0 Å². The van der Waals surface area contributed by atoms with Gasteiger partial charge in [-0.1, -0.05) is 29.8 Å². The molecule has 2 rings (SSSR count). The summed E-state index contributed by atoms with van der Waals surface area (Å²) >= 11 is 0. The Morgan fingerprint density at radius 2 is 1.90 bits per heavy atom. The van der Waals surface area contributed by atoms with E-state index >= 15 is 0 Å². The van der Waals surface area contributed by atoms with Gasteiger partial charge in [-0.3, -0.25) is 0 Å². The van der Waals surface area contributed by atoms with Gasteiger partial charge in [-0.05, 0) is 26.6 Å². The van der Waals surface area contributed by atoms with Gasteiger partial charge in [-0.15, -0.1) is 0 Å². The van der Waals surface area contributed by atoms with Crippen LogP contribution in [0, 0.1) is 6.92 Å². The van der Waals surface area contributed by atoms with Gasteiger partial charge in [0, 0.05) is 18.8 Å². The number of hydrogen-bond acceptors (Lipinski definition) is 5. The standard InChI is InChI=1S/C16H22N4O/c1-12-5-7-13(8-6-12)14(20(2)3)11-18-16-17-10-9-15(19-16)21-4/h5-10,14H,11H2,1-4H3,(H,17,18,19)/t14-/m0/s1. The van der Waals surface area contributed by atoms with E-state index in [1.54, 1.807) is 19.4 Å². The number of anilines is 1. The van der Waals surface area contributed by atoms with Crippen LogP contribution in [0.1, 0.15) is 17.2 Å². The van der Waals surface area contributed by atoms with Crippen LogP contribution in [0.5, 0.6) is 5.88 Å². The third-order valence-electron chi connectivity index (χ3n) is 3.38. The van der Waals surface area contributed by atoms with Crippen LogP contribution in [0.3, 0.4) is 0 Å². The van der Waals surface area contributed by atoms with Crippen molar-refractivity contribution in [2.24, 2.45) is 0 Å². The molecule has 0 radical (unpaired) electrons. The van der Waals surface area contributed by atoms with E-state index in [0.29, 0.717) is 11.8 Å². The first-order valence-electron chi connectivity index (χ1n) is 6.94. The fourth-order valence-corrected chi connectivity index (χ4v) is 2.12. The number of aromatic nitrogens is 2. The van der Waals surface area contributed by atoms with Crippen molar-refractivity contribution in [2.45, 2.75) is 13.0 Å². The highest BCUT2D eigenvalue weighted by Gasteiger charge is 2.14. The van der Waals surface area contributed by atoms with Crippen molar-refractivity contribution < 1.29 is 4.74 Å². The Kier molecular flexibility index (Phi) is 5.11. The summed E-state index contributed by atoms with van der Waals surface area (Å²) in [7, 11) is 5.73. The fourth-order valence-electron chi connectivity index (χ4n) is 2.12. The third kappa shape index (κ3) is 4.16. The first-order chi connectivity index (χ1) is 10.1. The summed E-state index contributed by atoms with van der Waals surface area (Å²) in [5, 5.41) is 3.27. The second-order valence-electron chi connectivity index (χ2n) is 5.19. The third-order valence-corrected chi connectivity index (χ3v) is 3.38. The summed E-state index contributed by atoms with van der Waals surface area (Å²) in [5.41, 5.74) is 2.53. The van der Waals surface area contributed by atoms with Gasteiger partial charge in [0.25, 0.3) is 0 Å². The first-order valence-corrected chi connectivity index (χ1v) is 6.94. The smallest absolute Gasteiger partial charge is 0.226 e. The normalized spacial score (nSPS) is 12.2. The molecule has 0 spiro atoms. The van der Waals surface area contributed by atoms with Gasteiger partial charge in [0.05, 0.1) is 13.2 Å². The fraction of sp³-hybridized carbons (Fsp3) is 0.375. The minimum atomic E-state index is 0.250. The van der Waals surface area contributed by atoms with Crippen LogP contribution >= 0.6 is 0 Å². The van der Waals surface area contributed by atoms with Gasteiger partial charge in [0.2, 0.25) is 11.8 Å². The number of nitrogens with one attached hydrogen (secondary N) is 1. The molecule has 1 atom stereocenters. The molecule has 1 N–H and O–H groups in total. The second-order valence-corrected chi connectivity index (χ2v) is 5.19. The van der Waals surface area contributed by atoms with E-state index in [1.165, 1.54) is 11.1 Å². The van der Waals surface area contributed by atoms with E-state index in [1.807, 2.05) is 0 Å². The van der Waals surface area contributed by atoms with Crippen LogP contribution in [0.2, 0.25) is 0 Å². The maximum atomic E-state index is 5.11. The number of methoxy groups -OCH3 is 1. The van der Waals surface area contributed by atoms with Crippen molar-refractivity contribution in [2.75, 3.05) is 33.1 Å². The van der Waals surface area contributed by atoms with E-state index in [4.69, 9.17) is 4.74 Å². The highest BCUT2D eigenvalue weighted by atomic mass is 16.5. The Hall–Kier alpha value is -2.14. The number of likely N-dealkylation sites (N-methyl/N-ethyl adjacent to an activating group) is 1. The Bertz CT molecular complexity index is 569. The molecule has 1 aromatic carbocycles. The van der Waals surface area contributed by atoms with Gasteiger partial charge >= 0.3 is 0 Å². The lowest BCUT2D eigenvalue weighted by Crippen LogP contribution is -2.27. The van der Waals surface area contributed by atoms with Gasteiger partial charge in [0.15, 0.2) is 0 Å². The monoisotopic (exact) mass is 286 g/mol. The molecule has 0 saturated carbocycles. The SMILES string of the molecule is COc1ccnc(NC[C@@H](c2ccc(C)cc2)N(C)C)n1. The average molecular weight is 286 g/mol. The van der Waals surface area contributed by atoms with Crippen LogP contribution < -0.4 is 10.1 Å². The predicted octanol–water partition coefficient (Wildman–Crippen LogP) is 2.51. The Balaban J connectivity index is 2.08. The minimum Gasteiger partial charge on any atom is -0.481 e. The molecule has 0 aliphatic heterocycles. The number of hydrogen-bond donors (Lipinski definition) is 1.